The lowest BCUT2D eigenvalue weighted by Crippen LogP contribution is -2.51. The first-order valence-electron chi connectivity index (χ1n) is 8.21. The predicted octanol–water partition coefficient (Wildman–Crippen LogP) is -0.102. The number of carbonyl (C=O) groups is 1. The van der Waals surface area contributed by atoms with Gasteiger partial charge in [0.1, 0.15) is 0 Å². The van der Waals surface area contributed by atoms with Crippen molar-refractivity contribution >= 4 is 16.1 Å². The minimum atomic E-state index is -3.39. The van der Waals surface area contributed by atoms with Crippen molar-refractivity contribution in [1.29, 1.82) is 0 Å². The number of carbonyl (C=O) groups excluding carboxylic acids is 1. The van der Waals surface area contributed by atoms with E-state index in [0.717, 1.165) is 25.9 Å². The Morgan fingerprint density at radius 2 is 1.41 bits per heavy atom. The van der Waals surface area contributed by atoms with E-state index in [0.29, 0.717) is 52.2 Å². The fraction of sp³-hybridized carbons (Fsp3) is 0.929. The van der Waals surface area contributed by atoms with Crippen molar-refractivity contribution in [1.82, 2.24) is 13.5 Å². The second-order valence-corrected chi connectivity index (χ2v) is 8.15. The molecule has 126 valence electrons. The molecule has 0 spiro atoms. The van der Waals surface area contributed by atoms with E-state index < -0.39 is 10.2 Å². The third-order valence-electron chi connectivity index (χ3n) is 4.84. The smallest absolute Gasteiger partial charge is 0.282 e. The van der Waals surface area contributed by atoms with Crippen LogP contribution in [-0.4, -0.2) is 80.3 Å². The summed E-state index contributed by atoms with van der Waals surface area (Å²) in [4.78, 5) is 14.3. The van der Waals surface area contributed by atoms with Crippen molar-refractivity contribution < 1.29 is 17.9 Å². The molecule has 3 heterocycles. The Bertz CT molecular complexity index is 490. The molecule has 0 unspecified atom stereocenters. The van der Waals surface area contributed by atoms with Gasteiger partial charge in [-0.1, -0.05) is 0 Å². The minimum Gasteiger partial charge on any atom is -0.379 e. The topological polar surface area (TPSA) is 70.2 Å². The van der Waals surface area contributed by atoms with Crippen LogP contribution in [0.2, 0.25) is 0 Å². The first kappa shape index (κ1) is 16.2. The molecule has 0 saturated carbocycles. The number of piperidine rings is 1. The lowest BCUT2D eigenvalue weighted by Gasteiger charge is -2.36. The summed E-state index contributed by atoms with van der Waals surface area (Å²) in [6.07, 6.45) is 3.46. The molecule has 3 aliphatic heterocycles. The molecule has 0 aromatic carbocycles. The zero-order valence-corrected chi connectivity index (χ0v) is 13.8. The Labute approximate surface area is 132 Å². The molecule has 3 rings (SSSR count). The average Bonchev–Trinajstić information content (AvgIpc) is 3.09. The largest absolute Gasteiger partial charge is 0.379 e. The molecule has 0 bridgehead atoms. The van der Waals surface area contributed by atoms with Crippen molar-refractivity contribution in [2.45, 2.75) is 25.7 Å². The van der Waals surface area contributed by atoms with Gasteiger partial charge in [-0.15, -0.1) is 0 Å². The standard InChI is InChI=1S/C14H25N3O4S/c18-14(15-5-1-2-6-15)13-3-7-16(8-4-13)22(19,20)17-9-11-21-12-10-17/h13H,1-12H2. The summed E-state index contributed by atoms with van der Waals surface area (Å²) in [5.74, 6) is 0.218. The van der Waals surface area contributed by atoms with E-state index in [4.69, 9.17) is 4.74 Å². The van der Waals surface area contributed by atoms with Gasteiger partial charge in [-0.05, 0) is 25.7 Å². The molecular formula is C14H25N3O4S. The van der Waals surface area contributed by atoms with Gasteiger partial charge < -0.3 is 9.64 Å². The fourth-order valence-electron chi connectivity index (χ4n) is 3.47. The van der Waals surface area contributed by atoms with Crippen LogP contribution in [0.25, 0.3) is 0 Å². The number of morpholine rings is 1. The Kier molecular flexibility index (Phi) is 5.01. The van der Waals surface area contributed by atoms with E-state index in [9.17, 15) is 13.2 Å². The zero-order chi connectivity index (χ0) is 15.6. The van der Waals surface area contributed by atoms with Gasteiger partial charge in [-0.25, -0.2) is 0 Å². The lowest BCUT2D eigenvalue weighted by atomic mass is 9.97. The molecule has 0 N–H and O–H groups in total. The van der Waals surface area contributed by atoms with Gasteiger partial charge in [0.15, 0.2) is 0 Å². The van der Waals surface area contributed by atoms with Crippen LogP contribution in [0.15, 0.2) is 0 Å². The summed E-state index contributed by atoms with van der Waals surface area (Å²) in [5, 5.41) is 0. The highest BCUT2D eigenvalue weighted by Crippen LogP contribution is 2.24. The summed E-state index contributed by atoms with van der Waals surface area (Å²) in [6.45, 7) is 4.40. The number of hydrogen-bond donors (Lipinski definition) is 0. The molecule has 8 heteroatoms. The summed E-state index contributed by atoms with van der Waals surface area (Å²) >= 11 is 0. The molecule has 0 atom stereocenters. The van der Waals surface area contributed by atoms with Gasteiger partial charge in [0.25, 0.3) is 10.2 Å². The lowest BCUT2D eigenvalue weighted by molar-refractivity contribution is -0.135. The van der Waals surface area contributed by atoms with Gasteiger partial charge in [0, 0.05) is 45.2 Å². The molecule has 3 fully saturated rings. The van der Waals surface area contributed by atoms with E-state index in [1.807, 2.05) is 4.90 Å². The van der Waals surface area contributed by atoms with Gasteiger partial charge in [0.05, 0.1) is 13.2 Å². The maximum Gasteiger partial charge on any atom is 0.282 e. The number of hydrogen-bond acceptors (Lipinski definition) is 4. The Balaban J connectivity index is 1.55. The van der Waals surface area contributed by atoms with E-state index in [-0.39, 0.29) is 11.8 Å². The second-order valence-electron chi connectivity index (χ2n) is 6.22. The van der Waals surface area contributed by atoms with Gasteiger partial charge >= 0.3 is 0 Å². The zero-order valence-electron chi connectivity index (χ0n) is 12.9. The van der Waals surface area contributed by atoms with Crippen LogP contribution < -0.4 is 0 Å². The first-order valence-corrected chi connectivity index (χ1v) is 9.60. The van der Waals surface area contributed by atoms with Crippen molar-refractivity contribution in [3.8, 4) is 0 Å². The molecule has 0 aromatic rings. The Morgan fingerprint density at radius 3 is 2.00 bits per heavy atom. The highest BCUT2D eigenvalue weighted by Gasteiger charge is 2.36. The maximum absolute atomic E-state index is 12.6. The summed E-state index contributed by atoms with van der Waals surface area (Å²) in [5.41, 5.74) is 0. The Morgan fingerprint density at radius 1 is 0.864 bits per heavy atom. The number of amides is 1. The Hall–Kier alpha value is -0.700. The van der Waals surface area contributed by atoms with Gasteiger partial charge in [0.2, 0.25) is 5.91 Å². The van der Waals surface area contributed by atoms with Crippen LogP contribution >= 0.6 is 0 Å². The second kappa shape index (κ2) is 6.82. The third kappa shape index (κ3) is 3.29. The molecular weight excluding hydrogens is 306 g/mol. The van der Waals surface area contributed by atoms with E-state index in [2.05, 4.69) is 0 Å². The molecule has 0 aliphatic carbocycles. The van der Waals surface area contributed by atoms with Crippen LogP contribution in [0.5, 0.6) is 0 Å². The normalized spacial score (nSPS) is 26.5. The van der Waals surface area contributed by atoms with Crippen LogP contribution in [0.4, 0.5) is 0 Å². The molecule has 7 nitrogen and oxygen atoms in total. The molecule has 3 aliphatic rings. The molecule has 0 radical (unpaired) electrons. The number of nitrogens with zero attached hydrogens (tertiary/aromatic N) is 3. The van der Waals surface area contributed by atoms with E-state index in [1.165, 1.54) is 8.61 Å². The SMILES string of the molecule is O=C(C1CCN(S(=O)(=O)N2CCOCC2)CC1)N1CCCC1. The highest BCUT2D eigenvalue weighted by atomic mass is 32.2. The van der Waals surface area contributed by atoms with Crippen LogP contribution in [0.1, 0.15) is 25.7 Å². The number of ether oxygens (including phenoxy) is 1. The van der Waals surface area contributed by atoms with Crippen molar-refractivity contribution in [2.24, 2.45) is 5.92 Å². The quantitative estimate of drug-likeness (QED) is 0.724. The number of rotatable bonds is 3. The van der Waals surface area contributed by atoms with E-state index >= 15 is 0 Å². The molecule has 0 aromatic heterocycles. The van der Waals surface area contributed by atoms with Crippen molar-refractivity contribution in [3.63, 3.8) is 0 Å². The van der Waals surface area contributed by atoms with Crippen LogP contribution in [0.3, 0.4) is 0 Å². The minimum absolute atomic E-state index is 0.00533. The first-order chi connectivity index (χ1) is 10.6. The molecule has 22 heavy (non-hydrogen) atoms. The summed E-state index contributed by atoms with van der Waals surface area (Å²) in [6, 6.07) is 0. The van der Waals surface area contributed by atoms with E-state index in [1.54, 1.807) is 0 Å². The highest BCUT2D eigenvalue weighted by molar-refractivity contribution is 7.86. The molecule has 1 amide bonds. The average molecular weight is 331 g/mol. The monoisotopic (exact) mass is 331 g/mol. The third-order valence-corrected chi connectivity index (χ3v) is 6.88. The van der Waals surface area contributed by atoms with Crippen molar-refractivity contribution in [3.05, 3.63) is 0 Å². The number of likely N-dealkylation sites (tertiary alicyclic amines) is 1. The van der Waals surface area contributed by atoms with Gasteiger partial charge in [-0.2, -0.15) is 17.0 Å². The van der Waals surface area contributed by atoms with Crippen molar-refractivity contribution in [2.75, 3.05) is 52.5 Å². The predicted molar refractivity (Wildman–Crippen MR) is 81.4 cm³/mol. The molecule has 3 saturated heterocycles. The van der Waals surface area contributed by atoms with Crippen LogP contribution in [0, 0.1) is 5.92 Å². The maximum atomic E-state index is 12.6. The fourth-order valence-corrected chi connectivity index (χ4v) is 5.08. The summed E-state index contributed by atoms with van der Waals surface area (Å²) in [7, 11) is -3.39. The van der Waals surface area contributed by atoms with Crippen LogP contribution in [-0.2, 0) is 19.7 Å². The van der Waals surface area contributed by atoms with Gasteiger partial charge in [-0.3, -0.25) is 4.79 Å². The summed E-state index contributed by atoms with van der Waals surface area (Å²) < 4.78 is 33.4.